The number of hydrogen-bond acceptors (Lipinski definition) is 5. The molecule has 176 valence electrons. The molecule has 2 amide bonds. The van der Waals surface area contributed by atoms with Crippen LogP contribution in [0.4, 0.5) is 24.5 Å². The third-order valence-corrected chi connectivity index (χ3v) is 8.64. The van der Waals surface area contributed by atoms with E-state index in [0.717, 1.165) is 11.0 Å². The minimum absolute atomic E-state index is 0.111. The van der Waals surface area contributed by atoms with Crippen molar-refractivity contribution in [3.63, 3.8) is 0 Å². The van der Waals surface area contributed by atoms with E-state index >= 15 is 0 Å². The number of halogens is 3. The average Bonchev–Trinajstić information content (AvgIpc) is 2.87. The van der Waals surface area contributed by atoms with Crippen LogP contribution in [0.3, 0.4) is 0 Å². The molecule has 4 rings (SSSR count). The number of benzene rings is 2. The molecule has 0 bridgehead atoms. The third-order valence-electron chi connectivity index (χ3n) is 5.79. The summed E-state index contributed by atoms with van der Waals surface area (Å²) in [5.74, 6) is -4.70. The predicted octanol–water partition coefficient (Wildman–Crippen LogP) is 4.01. The van der Waals surface area contributed by atoms with Gasteiger partial charge in [0.25, 0.3) is 11.7 Å². The van der Waals surface area contributed by atoms with E-state index in [4.69, 9.17) is 0 Å². The summed E-state index contributed by atoms with van der Waals surface area (Å²) in [4.78, 5) is 27.3. The molecule has 33 heavy (non-hydrogen) atoms. The van der Waals surface area contributed by atoms with E-state index in [1.54, 1.807) is 20.8 Å². The minimum Gasteiger partial charge on any atom is -0.345 e. The first-order valence-corrected chi connectivity index (χ1v) is 12.7. The molecule has 1 saturated heterocycles. The molecule has 0 atom stereocenters. The molecule has 1 fully saturated rings. The molecule has 2 aliphatic rings. The van der Waals surface area contributed by atoms with Crippen molar-refractivity contribution in [2.24, 2.45) is 0 Å². The number of thioether (sulfide) groups is 1. The molecular formula is C22H21F3N2O4S2. The number of rotatable bonds is 5. The molecule has 0 aromatic heterocycles. The van der Waals surface area contributed by atoms with Gasteiger partial charge >= 0.3 is 0 Å². The maximum atomic E-state index is 14.7. The average molecular weight is 499 g/mol. The number of nitrogens with one attached hydrogen (secondary N) is 1. The number of anilines is 2. The van der Waals surface area contributed by atoms with Crippen LogP contribution < -0.4 is 10.2 Å². The third kappa shape index (κ3) is 4.23. The van der Waals surface area contributed by atoms with Crippen molar-refractivity contribution in [2.75, 3.05) is 16.4 Å². The zero-order valence-corrected chi connectivity index (χ0v) is 19.6. The van der Waals surface area contributed by atoms with Crippen molar-refractivity contribution < 1.29 is 31.2 Å². The lowest BCUT2D eigenvalue weighted by atomic mass is 9.85. The van der Waals surface area contributed by atoms with Crippen LogP contribution in [-0.2, 0) is 20.0 Å². The Kier molecular flexibility index (Phi) is 5.56. The Balaban J connectivity index is 1.70. The molecule has 2 aromatic carbocycles. The summed E-state index contributed by atoms with van der Waals surface area (Å²) in [7, 11) is -3.16. The SMILES string of the molecule is CC1(NC(=O)c2ccc3c(c2)C(C)(C)C(=O)N3c2cc(SC(F)F)ccc2F)CS(=O)(=O)C1. The lowest BCUT2D eigenvalue weighted by Crippen LogP contribution is -2.63. The number of amides is 2. The van der Waals surface area contributed by atoms with E-state index in [0.29, 0.717) is 11.3 Å². The standard InChI is InChI=1S/C22H21F3N2O4S2/c1-21(2)14-8-12(18(28)26-22(3)10-33(30,31)11-22)4-7-16(14)27(19(21)29)17-9-13(32-20(24)25)5-6-15(17)23/h4-9,20H,10-11H2,1-3H3,(H,26,28). The first-order chi connectivity index (χ1) is 15.2. The molecule has 2 heterocycles. The molecule has 6 nitrogen and oxygen atoms in total. The second-order valence-corrected chi connectivity index (χ2v) is 12.2. The van der Waals surface area contributed by atoms with Crippen molar-refractivity contribution >= 4 is 44.8 Å². The number of sulfone groups is 1. The Labute approximate surface area is 193 Å². The normalized spacial score (nSPS) is 19.8. The van der Waals surface area contributed by atoms with Gasteiger partial charge in [0.1, 0.15) is 5.82 Å². The van der Waals surface area contributed by atoms with Crippen LogP contribution in [0.1, 0.15) is 36.7 Å². The van der Waals surface area contributed by atoms with Gasteiger partial charge < -0.3 is 5.32 Å². The van der Waals surface area contributed by atoms with Crippen molar-refractivity contribution in [3.8, 4) is 0 Å². The maximum absolute atomic E-state index is 14.7. The largest absolute Gasteiger partial charge is 0.345 e. The molecule has 2 aromatic rings. The van der Waals surface area contributed by atoms with Crippen LogP contribution >= 0.6 is 11.8 Å². The first kappa shape index (κ1) is 23.6. The van der Waals surface area contributed by atoms with Gasteiger partial charge in [-0.25, -0.2) is 12.8 Å². The number of carbonyl (C=O) groups is 2. The van der Waals surface area contributed by atoms with Gasteiger partial charge in [0.05, 0.1) is 33.8 Å². The molecule has 1 N–H and O–H groups in total. The van der Waals surface area contributed by atoms with Gasteiger partial charge in [0, 0.05) is 10.5 Å². The van der Waals surface area contributed by atoms with Crippen LogP contribution in [0.2, 0.25) is 0 Å². The highest BCUT2D eigenvalue weighted by Gasteiger charge is 2.47. The van der Waals surface area contributed by atoms with Crippen LogP contribution in [0, 0.1) is 5.82 Å². The molecule has 11 heteroatoms. The second-order valence-electron chi connectivity index (χ2n) is 9.04. The number of fused-ring (bicyclic) bond motifs is 1. The summed E-state index contributed by atoms with van der Waals surface area (Å²) in [5.41, 5.74) is -1.09. The molecule has 0 aliphatic carbocycles. The summed E-state index contributed by atoms with van der Waals surface area (Å²) in [6.45, 7) is 4.90. The van der Waals surface area contributed by atoms with Crippen molar-refractivity contribution in [1.29, 1.82) is 0 Å². The summed E-state index contributed by atoms with van der Waals surface area (Å²) in [6, 6.07) is 7.94. The lowest BCUT2D eigenvalue weighted by molar-refractivity contribution is -0.121. The van der Waals surface area contributed by atoms with Crippen molar-refractivity contribution in [2.45, 2.75) is 42.4 Å². The summed E-state index contributed by atoms with van der Waals surface area (Å²) in [6.07, 6.45) is 0. The van der Waals surface area contributed by atoms with Gasteiger partial charge in [0.2, 0.25) is 5.91 Å². The molecule has 2 aliphatic heterocycles. The van der Waals surface area contributed by atoms with E-state index in [2.05, 4.69) is 5.32 Å². The monoisotopic (exact) mass is 498 g/mol. The van der Waals surface area contributed by atoms with E-state index in [1.165, 1.54) is 30.3 Å². The molecule has 0 saturated carbocycles. The van der Waals surface area contributed by atoms with E-state index in [-0.39, 0.29) is 39.4 Å². The first-order valence-electron chi connectivity index (χ1n) is 9.99. The Bertz CT molecular complexity index is 1270. The fraction of sp³-hybridized carbons (Fsp3) is 0.364. The van der Waals surface area contributed by atoms with Gasteiger partial charge in [-0.1, -0.05) is 11.8 Å². The molecular weight excluding hydrogens is 477 g/mol. The van der Waals surface area contributed by atoms with Crippen molar-refractivity contribution in [3.05, 3.63) is 53.3 Å². The van der Waals surface area contributed by atoms with Crippen LogP contribution in [0.15, 0.2) is 41.3 Å². The van der Waals surface area contributed by atoms with Crippen LogP contribution in [-0.4, -0.2) is 43.0 Å². The topological polar surface area (TPSA) is 83.6 Å². The maximum Gasteiger partial charge on any atom is 0.288 e. The fourth-order valence-electron chi connectivity index (χ4n) is 4.30. The Morgan fingerprint density at radius 3 is 2.36 bits per heavy atom. The Morgan fingerprint density at radius 1 is 1.09 bits per heavy atom. The number of hydrogen-bond donors (Lipinski definition) is 1. The summed E-state index contributed by atoms with van der Waals surface area (Å²) >= 11 is 0.248. The van der Waals surface area contributed by atoms with Gasteiger partial charge in [0.15, 0.2) is 9.84 Å². The molecule has 0 spiro atoms. The highest BCUT2D eigenvalue weighted by atomic mass is 32.2. The predicted molar refractivity (Wildman–Crippen MR) is 119 cm³/mol. The number of carbonyl (C=O) groups excluding carboxylic acids is 2. The lowest BCUT2D eigenvalue weighted by Gasteiger charge is -2.38. The quantitative estimate of drug-likeness (QED) is 0.630. The van der Waals surface area contributed by atoms with Gasteiger partial charge in [-0.2, -0.15) is 8.78 Å². The van der Waals surface area contributed by atoms with Crippen molar-refractivity contribution in [1.82, 2.24) is 5.32 Å². The second kappa shape index (κ2) is 7.76. The minimum atomic E-state index is -3.16. The summed E-state index contributed by atoms with van der Waals surface area (Å²) in [5, 5.41) is 2.72. The Hall–Kier alpha value is -2.53. The van der Waals surface area contributed by atoms with Gasteiger partial charge in [-0.3, -0.25) is 14.5 Å². The zero-order chi connectivity index (χ0) is 24.3. The van der Waals surface area contributed by atoms with Gasteiger partial charge in [-0.15, -0.1) is 0 Å². The van der Waals surface area contributed by atoms with Crippen LogP contribution in [0.5, 0.6) is 0 Å². The van der Waals surface area contributed by atoms with E-state index in [9.17, 15) is 31.2 Å². The Morgan fingerprint density at radius 2 is 1.76 bits per heavy atom. The van der Waals surface area contributed by atoms with Gasteiger partial charge in [-0.05, 0) is 62.7 Å². The zero-order valence-electron chi connectivity index (χ0n) is 18.0. The molecule has 0 radical (unpaired) electrons. The smallest absolute Gasteiger partial charge is 0.288 e. The number of alkyl halides is 2. The summed E-state index contributed by atoms with van der Waals surface area (Å²) < 4.78 is 63.3. The molecule has 0 unspecified atom stereocenters. The fourth-order valence-corrected chi connectivity index (χ4v) is 6.84. The van der Waals surface area contributed by atoms with Crippen LogP contribution in [0.25, 0.3) is 0 Å². The highest BCUT2D eigenvalue weighted by molar-refractivity contribution is 7.99. The van der Waals surface area contributed by atoms with E-state index in [1.807, 2.05) is 0 Å². The number of nitrogens with zero attached hydrogens (tertiary/aromatic N) is 1. The highest BCUT2D eigenvalue weighted by Crippen LogP contribution is 2.47. The van der Waals surface area contributed by atoms with E-state index < -0.39 is 44.2 Å².